The van der Waals surface area contributed by atoms with Gasteiger partial charge in [-0.2, -0.15) is 0 Å². The summed E-state index contributed by atoms with van der Waals surface area (Å²) in [5, 5.41) is 10.8. The minimum Gasteiger partial charge on any atom is -0.373 e. The Bertz CT molecular complexity index is 479. The first kappa shape index (κ1) is 14.7. The van der Waals surface area contributed by atoms with Crippen LogP contribution in [-0.2, 0) is 11.3 Å². The molecule has 6 nitrogen and oxygen atoms in total. The molecule has 0 bridgehead atoms. The number of nitro benzene ring substituents is 1. The molecule has 0 aromatic heterocycles. The molecule has 0 aliphatic heterocycles. The summed E-state index contributed by atoms with van der Waals surface area (Å²) in [6.45, 7) is 2.58. The van der Waals surface area contributed by atoms with Gasteiger partial charge >= 0.3 is 0 Å². The van der Waals surface area contributed by atoms with Crippen LogP contribution in [0.25, 0.3) is 0 Å². The van der Waals surface area contributed by atoms with E-state index in [1.807, 2.05) is 0 Å². The minimum absolute atomic E-state index is 0.0552. The maximum Gasteiger partial charge on any atom is 0.269 e. The lowest BCUT2D eigenvalue weighted by Crippen LogP contribution is -2.21. The molecule has 20 heavy (non-hydrogen) atoms. The Balaban J connectivity index is 2.03. The molecular formula is C14H21N3O3. The quantitative estimate of drug-likeness (QED) is 0.491. The van der Waals surface area contributed by atoms with Crippen LogP contribution >= 0.6 is 0 Å². The predicted molar refractivity (Wildman–Crippen MR) is 77.1 cm³/mol. The molecule has 2 rings (SSSR count). The van der Waals surface area contributed by atoms with E-state index in [1.165, 1.54) is 25.0 Å². The Morgan fingerprint density at radius 1 is 1.50 bits per heavy atom. The molecule has 110 valence electrons. The molecule has 1 saturated carbocycles. The van der Waals surface area contributed by atoms with Crippen LogP contribution in [0.15, 0.2) is 18.2 Å². The lowest BCUT2D eigenvalue weighted by Gasteiger charge is -2.27. The molecule has 0 heterocycles. The third-order valence-corrected chi connectivity index (χ3v) is 3.82. The topological polar surface area (TPSA) is 90.4 Å². The van der Waals surface area contributed by atoms with Crippen LogP contribution in [0.3, 0.4) is 0 Å². The number of nitrogens with one attached hydrogen (secondary N) is 1. The van der Waals surface area contributed by atoms with E-state index in [0.717, 1.165) is 18.4 Å². The van der Waals surface area contributed by atoms with Crippen LogP contribution in [0.5, 0.6) is 0 Å². The van der Waals surface area contributed by atoms with Crippen molar-refractivity contribution in [1.29, 1.82) is 0 Å². The zero-order valence-corrected chi connectivity index (χ0v) is 11.7. The molecule has 0 spiro atoms. The Kier molecular flexibility index (Phi) is 4.92. The van der Waals surface area contributed by atoms with Crippen LogP contribution in [0, 0.1) is 16.0 Å². The molecule has 3 N–H and O–H groups in total. The summed E-state index contributed by atoms with van der Waals surface area (Å²) in [6.07, 6.45) is 4.80. The normalized spacial score (nSPS) is 22.5. The van der Waals surface area contributed by atoms with Gasteiger partial charge in [-0.1, -0.05) is 19.8 Å². The number of anilines is 1. The van der Waals surface area contributed by atoms with Crippen molar-refractivity contribution in [2.45, 2.75) is 45.3 Å². The molecule has 6 heteroatoms. The molecule has 1 aromatic carbocycles. The first-order valence-electron chi connectivity index (χ1n) is 6.95. The molecule has 0 radical (unpaired) electrons. The SMILES string of the molecule is CC1CCCC(OCc2cc([N+](=O)[O-])ccc2NN)C1. The van der Waals surface area contributed by atoms with Gasteiger partial charge in [0.05, 0.1) is 23.3 Å². The summed E-state index contributed by atoms with van der Waals surface area (Å²) in [5.74, 6) is 6.12. The van der Waals surface area contributed by atoms with Gasteiger partial charge in [0.2, 0.25) is 0 Å². The van der Waals surface area contributed by atoms with E-state index >= 15 is 0 Å². The molecule has 2 atom stereocenters. The summed E-state index contributed by atoms with van der Waals surface area (Å²) in [5.41, 5.74) is 4.00. The fourth-order valence-corrected chi connectivity index (χ4v) is 2.69. The Morgan fingerprint density at radius 2 is 2.30 bits per heavy atom. The van der Waals surface area contributed by atoms with Crippen LogP contribution in [0.2, 0.25) is 0 Å². The number of benzene rings is 1. The molecular weight excluding hydrogens is 258 g/mol. The highest BCUT2D eigenvalue weighted by Gasteiger charge is 2.20. The third-order valence-electron chi connectivity index (χ3n) is 3.82. The second-order valence-electron chi connectivity index (χ2n) is 5.45. The van der Waals surface area contributed by atoms with Crippen molar-refractivity contribution in [3.05, 3.63) is 33.9 Å². The van der Waals surface area contributed by atoms with Crippen molar-refractivity contribution >= 4 is 11.4 Å². The third kappa shape index (κ3) is 3.68. The zero-order valence-electron chi connectivity index (χ0n) is 11.7. The Morgan fingerprint density at radius 3 is 2.95 bits per heavy atom. The summed E-state index contributed by atoms with van der Waals surface area (Å²) < 4.78 is 5.90. The van der Waals surface area contributed by atoms with Gasteiger partial charge in [0.25, 0.3) is 5.69 Å². The van der Waals surface area contributed by atoms with E-state index in [0.29, 0.717) is 18.2 Å². The van der Waals surface area contributed by atoms with Gasteiger partial charge in [-0.25, -0.2) is 0 Å². The van der Waals surface area contributed by atoms with Crippen molar-refractivity contribution in [3.8, 4) is 0 Å². The average Bonchev–Trinajstić information content (AvgIpc) is 2.44. The van der Waals surface area contributed by atoms with Crippen molar-refractivity contribution in [2.24, 2.45) is 11.8 Å². The standard InChI is InChI=1S/C14H21N3O3/c1-10-3-2-4-13(7-10)20-9-11-8-12(17(18)19)5-6-14(11)16-15/h5-6,8,10,13,16H,2-4,7,9,15H2,1H3. The van der Waals surface area contributed by atoms with E-state index in [-0.39, 0.29) is 11.8 Å². The Hall–Kier alpha value is -1.66. The monoisotopic (exact) mass is 279 g/mol. The van der Waals surface area contributed by atoms with Crippen molar-refractivity contribution in [2.75, 3.05) is 5.43 Å². The summed E-state index contributed by atoms with van der Waals surface area (Å²) >= 11 is 0. The summed E-state index contributed by atoms with van der Waals surface area (Å²) in [6, 6.07) is 4.56. The lowest BCUT2D eigenvalue weighted by molar-refractivity contribution is -0.384. The van der Waals surface area contributed by atoms with Crippen molar-refractivity contribution in [1.82, 2.24) is 0 Å². The van der Waals surface area contributed by atoms with Gasteiger partial charge in [-0.3, -0.25) is 16.0 Å². The number of nitrogen functional groups attached to an aromatic ring is 1. The van der Waals surface area contributed by atoms with Gasteiger partial charge in [-0.15, -0.1) is 0 Å². The number of nitro groups is 1. The minimum atomic E-state index is -0.410. The van der Waals surface area contributed by atoms with Gasteiger partial charge in [-0.05, 0) is 24.8 Å². The fraction of sp³-hybridized carbons (Fsp3) is 0.571. The van der Waals surface area contributed by atoms with Crippen LogP contribution in [0.1, 0.15) is 38.2 Å². The van der Waals surface area contributed by atoms with E-state index in [9.17, 15) is 10.1 Å². The van der Waals surface area contributed by atoms with Gasteiger partial charge in [0.15, 0.2) is 0 Å². The maximum atomic E-state index is 10.8. The van der Waals surface area contributed by atoms with Crippen LogP contribution in [-0.4, -0.2) is 11.0 Å². The van der Waals surface area contributed by atoms with Crippen LogP contribution < -0.4 is 11.3 Å². The maximum absolute atomic E-state index is 10.8. The highest BCUT2D eigenvalue weighted by atomic mass is 16.6. The second kappa shape index (κ2) is 6.67. The van der Waals surface area contributed by atoms with E-state index in [2.05, 4.69) is 12.3 Å². The highest BCUT2D eigenvalue weighted by molar-refractivity contribution is 5.55. The molecule has 1 fully saturated rings. The number of nitrogens with zero attached hydrogens (tertiary/aromatic N) is 1. The summed E-state index contributed by atoms with van der Waals surface area (Å²) in [4.78, 5) is 10.4. The number of nitrogens with two attached hydrogens (primary N) is 1. The van der Waals surface area contributed by atoms with E-state index < -0.39 is 4.92 Å². The van der Waals surface area contributed by atoms with E-state index in [4.69, 9.17) is 10.6 Å². The van der Waals surface area contributed by atoms with Gasteiger partial charge in [0, 0.05) is 17.7 Å². The van der Waals surface area contributed by atoms with E-state index in [1.54, 1.807) is 6.07 Å². The number of hydrogen-bond donors (Lipinski definition) is 2. The van der Waals surface area contributed by atoms with Crippen molar-refractivity contribution in [3.63, 3.8) is 0 Å². The highest BCUT2D eigenvalue weighted by Crippen LogP contribution is 2.28. The average molecular weight is 279 g/mol. The molecule has 0 saturated heterocycles. The molecule has 1 aromatic rings. The van der Waals surface area contributed by atoms with Crippen molar-refractivity contribution < 1.29 is 9.66 Å². The Labute approximate surface area is 118 Å². The number of hydrazine groups is 1. The molecule has 1 aliphatic rings. The van der Waals surface area contributed by atoms with Gasteiger partial charge in [0.1, 0.15) is 0 Å². The predicted octanol–water partition coefficient (Wildman–Crippen LogP) is 2.98. The first-order chi connectivity index (χ1) is 9.60. The smallest absolute Gasteiger partial charge is 0.269 e. The number of ether oxygens (including phenoxy) is 1. The van der Waals surface area contributed by atoms with Gasteiger partial charge < -0.3 is 10.2 Å². The summed E-state index contributed by atoms with van der Waals surface area (Å²) in [7, 11) is 0. The molecule has 1 aliphatic carbocycles. The second-order valence-corrected chi connectivity index (χ2v) is 5.45. The van der Waals surface area contributed by atoms with Crippen LogP contribution in [0.4, 0.5) is 11.4 Å². The number of rotatable bonds is 5. The fourth-order valence-electron chi connectivity index (χ4n) is 2.69. The number of hydrogen-bond acceptors (Lipinski definition) is 5. The molecule has 2 unspecified atom stereocenters. The number of non-ortho nitro benzene ring substituents is 1. The largest absolute Gasteiger partial charge is 0.373 e. The lowest BCUT2D eigenvalue weighted by atomic mass is 9.89. The zero-order chi connectivity index (χ0) is 14.5. The molecule has 0 amide bonds. The first-order valence-corrected chi connectivity index (χ1v) is 6.95.